The molecule has 0 aromatic heterocycles. The van der Waals surface area contributed by atoms with E-state index in [1.54, 1.807) is 12.1 Å². The minimum absolute atomic E-state index is 0.0596. The van der Waals surface area contributed by atoms with Crippen molar-refractivity contribution < 1.29 is 14.3 Å². The van der Waals surface area contributed by atoms with Gasteiger partial charge < -0.3 is 14.4 Å². The lowest BCUT2D eigenvalue weighted by Crippen LogP contribution is -2.32. The molecule has 2 aliphatic rings. The van der Waals surface area contributed by atoms with Crippen LogP contribution in [0.1, 0.15) is 30.0 Å². The Hall–Kier alpha value is -1.91. The monoisotopic (exact) mass is 391 g/mol. The quantitative estimate of drug-likeness (QED) is 0.762. The summed E-state index contributed by atoms with van der Waals surface area (Å²) in [7, 11) is 0. The van der Waals surface area contributed by atoms with E-state index in [1.165, 1.54) is 0 Å². The van der Waals surface area contributed by atoms with Crippen molar-refractivity contribution in [3.8, 4) is 11.5 Å². The minimum Gasteiger partial charge on any atom is -0.486 e. The number of nitrogens with zero attached hydrogens (tertiary/aromatic N) is 1. The van der Waals surface area contributed by atoms with Crippen molar-refractivity contribution in [3.63, 3.8) is 0 Å². The maximum atomic E-state index is 12.9. The third kappa shape index (κ3) is 3.49. The molecule has 0 spiro atoms. The highest BCUT2D eigenvalue weighted by molar-refractivity contribution is 6.35. The molecule has 2 aromatic carbocycles. The molecule has 136 valence electrons. The normalized spacial score (nSPS) is 18.8. The van der Waals surface area contributed by atoms with Crippen LogP contribution in [0.3, 0.4) is 0 Å². The standard InChI is InChI=1S/C20H19Cl2NO3/c21-15-5-3-13(16(22)12-15)11-20(24)23-7-1-2-17(23)14-4-6-18-19(10-14)26-9-8-25-18/h3-6,10,12,17H,1-2,7-9,11H2. The molecule has 0 aliphatic carbocycles. The Morgan fingerprint density at radius 2 is 1.88 bits per heavy atom. The van der Waals surface area contributed by atoms with E-state index < -0.39 is 0 Å². The van der Waals surface area contributed by atoms with Crippen LogP contribution in [0.5, 0.6) is 11.5 Å². The van der Waals surface area contributed by atoms with Gasteiger partial charge in [0.1, 0.15) is 13.2 Å². The SMILES string of the molecule is O=C(Cc1ccc(Cl)cc1Cl)N1CCCC1c1ccc2c(c1)OCCO2. The van der Waals surface area contributed by atoms with Gasteiger partial charge in [-0.05, 0) is 48.2 Å². The van der Waals surface area contributed by atoms with Gasteiger partial charge in [-0.25, -0.2) is 0 Å². The van der Waals surface area contributed by atoms with Gasteiger partial charge in [0, 0.05) is 16.6 Å². The predicted octanol–water partition coefficient (Wildman–Crippen LogP) is 4.67. The Morgan fingerprint density at radius 1 is 1.08 bits per heavy atom. The number of amides is 1. The Labute approximate surface area is 162 Å². The van der Waals surface area contributed by atoms with Gasteiger partial charge in [0.05, 0.1) is 12.5 Å². The molecule has 1 saturated heterocycles. The molecule has 0 radical (unpaired) electrons. The average molecular weight is 392 g/mol. The van der Waals surface area contributed by atoms with Gasteiger partial charge in [0.15, 0.2) is 11.5 Å². The van der Waals surface area contributed by atoms with Crippen LogP contribution in [-0.2, 0) is 11.2 Å². The van der Waals surface area contributed by atoms with E-state index >= 15 is 0 Å². The van der Waals surface area contributed by atoms with E-state index in [9.17, 15) is 4.79 Å². The van der Waals surface area contributed by atoms with Crippen molar-refractivity contribution in [1.82, 2.24) is 4.90 Å². The molecule has 4 nitrogen and oxygen atoms in total. The number of hydrogen-bond acceptors (Lipinski definition) is 3. The molecule has 1 unspecified atom stereocenters. The summed E-state index contributed by atoms with van der Waals surface area (Å²) in [6.07, 6.45) is 2.20. The maximum Gasteiger partial charge on any atom is 0.227 e. The van der Waals surface area contributed by atoms with Crippen LogP contribution >= 0.6 is 23.2 Å². The maximum absolute atomic E-state index is 12.9. The van der Waals surface area contributed by atoms with Crippen LogP contribution in [0.15, 0.2) is 36.4 Å². The van der Waals surface area contributed by atoms with Gasteiger partial charge in [-0.15, -0.1) is 0 Å². The second kappa shape index (κ2) is 7.37. The average Bonchev–Trinajstić information content (AvgIpc) is 3.13. The second-order valence-corrected chi connectivity index (χ2v) is 7.40. The van der Waals surface area contributed by atoms with Crippen molar-refractivity contribution in [3.05, 3.63) is 57.6 Å². The highest BCUT2D eigenvalue weighted by Crippen LogP contribution is 2.38. The molecule has 1 atom stereocenters. The lowest BCUT2D eigenvalue weighted by molar-refractivity contribution is -0.131. The first-order valence-electron chi connectivity index (χ1n) is 8.75. The minimum atomic E-state index is 0.0596. The molecule has 1 amide bonds. The van der Waals surface area contributed by atoms with Gasteiger partial charge in [-0.2, -0.15) is 0 Å². The number of likely N-dealkylation sites (tertiary alicyclic amines) is 1. The molecule has 4 rings (SSSR count). The number of benzene rings is 2. The van der Waals surface area contributed by atoms with E-state index in [2.05, 4.69) is 0 Å². The van der Waals surface area contributed by atoms with E-state index in [0.717, 1.165) is 42.0 Å². The van der Waals surface area contributed by atoms with Gasteiger partial charge >= 0.3 is 0 Å². The molecule has 0 saturated carbocycles. The van der Waals surface area contributed by atoms with E-state index in [0.29, 0.717) is 23.3 Å². The summed E-state index contributed by atoms with van der Waals surface area (Å²) >= 11 is 12.2. The first-order valence-corrected chi connectivity index (χ1v) is 9.50. The Balaban J connectivity index is 1.53. The highest BCUT2D eigenvalue weighted by atomic mass is 35.5. The van der Waals surface area contributed by atoms with Crippen LogP contribution in [0, 0.1) is 0 Å². The second-order valence-electron chi connectivity index (χ2n) is 6.56. The number of hydrogen-bond donors (Lipinski definition) is 0. The molecule has 0 bridgehead atoms. The number of rotatable bonds is 3. The lowest BCUT2D eigenvalue weighted by Gasteiger charge is -2.27. The molecule has 2 aliphatic heterocycles. The van der Waals surface area contributed by atoms with E-state index in [1.807, 2.05) is 29.2 Å². The number of fused-ring (bicyclic) bond motifs is 1. The first kappa shape index (κ1) is 17.5. The fraction of sp³-hybridized carbons (Fsp3) is 0.350. The topological polar surface area (TPSA) is 38.8 Å². The van der Waals surface area contributed by atoms with Crippen LogP contribution in [0.2, 0.25) is 10.0 Å². The zero-order valence-electron chi connectivity index (χ0n) is 14.2. The van der Waals surface area contributed by atoms with Crippen LogP contribution in [0.25, 0.3) is 0 Å². The lowest BCUT2D eigenvalue weighted by atomic mass is 10.0. The highest BCUT2D eigenvalue weighted by Gasteiger charge is 2.31. The van der Waals surface area contributed by atoms with Crippen LogP contribution < -0.4 is 9.47 Å². The summed E-state index contributed by atoms with van der Waals surface area (Å²) in [6.45, 7) is 1.88. The molecule has 2 heterocycles. The van der Waals surface area contributed by atoms with Gasteiger partial charge in [-0.3, -0.25) is 4.79 Å². The Morgan fingerprint density at radius 3 is 2.69 bits per heavy atom. The van der Waals surface area contributed by atoms with Crippen LogP contribution in [0.4, 0.5) is 0 Å². The summed E-state index contributed by atoms with van der Waals surface area (Å²) in [5.74, 6) is 1.60. The van der Waals surface area contributed by atoms with Crippen molar-refractivity contribution >= 4 is 29.1 Å². The fourth-order valence-electron chi connectivity index (χ4n) is 3.61. The summed E-state index contributed by atoms with van der Waals surface area (Å²) in [6, 6.07) is 11.3. The predicted molar refractivity (Wildman–Crippen MR) is 101 cm³/mol. The first-order chi connectivity index (χ1) is 12.6. The van der Waals surface area contributed by atoms with E-state index in [4.69, 9.17) is 32.7 Å². The summed E-state index contributed by atoms with van der Waals surface area (Å²) in [4.78, 5) is 14.8. The molecular weight excluding hydrogens is 373 g/mol. The third-order valence-corrected chi connectivity index (χ3v) is 5.47. The summed E-state index contributed by atoms with van der Waals surface area (Å²) in [5.41, 5.74) is 1.89. The zero-order valence-corrected chi connectivity index (χ0v) is 15.7. The van der Waals surface area contributed by atoms with Gasteiger partial charge in [0.25, 0.3) is 0 Å². The number of carbonyl (C=O) groups excluding carboxylic acids is 1. The van der Waals surface area contributed by atoms with Crippen LogP contribution in [-0.4, -0.2) is 30.6 Å². The molecular formula is C20H19Cl2NO3. The summed E-state index contributed by atoms with van der Waals surface area (Å²) in [5, 5.41) is 1.10. The van der Waals surface area contributed by atoms with Crippen molar-refractivity contribution in [2.45, 2.75) is 25.3 Å². The van der Waals surface area contributed by atoms with Gasteiger partial charge in [-0.1, -0.05) is 35.3 Å². The largest absolute Gasteiger partial charge is 0.486 e. The van der Waals surface area contributed by atoms with Crippen molar-refractivity contribution in [2.24, 2.45) is 0 Å². The Bertz CT molecular complexity index is 840. The molecule has 6 heteroatoms. The molecule has 26 heavy (non-hydrogen) atoms. The molecule has 2 aromatic rings. The smallest absolute Gasteiger partial charge is 0.227 e. The van der Waals surface area contributed by atoms with E-state index in [-0.39, 0.29) is 18.4 Å². The third-order valence-electron chi connectivity index (χ3n) is 4.88. The molecule has 0 N–H and O–H groups in total. The van der Waals surface area contributed by atoms with Crippen molar-refractivity contribution in [1.29, 1.82) is 0 Å². The van der Waals surface area contributed by atoms with Crippen molar-refractivity contribution in [2.75, 3.05) is 19.8 Å². The number of halogens is 2. The fourth-order valence-corrected chi connectivity index (χ4v) is 4.08. The number of carbonyl (C=O) groups is 1. The number of ether oxygens (including phenoxy) is 2. The molecule has 1 fully saturated rings. The Kier molecular flexibility index (Phi) is 4.96. The van der Waals surface area contributed by atoms with Gasteiger partial charge in [0.2, 0.25) is 5.91 Å². The summed E-state index contributed by atoms with van der Waals surface area (Å²) < 4.78 is 11.3. The zero-order chi connectivity index (χ0) is 18.1.